The minimum atomic E-state index is -3.64. The summed E-state index contributed by atoms with van der Waals surface area (Å²) in [5.74, 6) is 0.876. The second-order valence-corrected chi connectivity index (χ2v) is 7.31. The molecule has 7 nitrogen and oxygen atoms in total. The Bertz CT molecular complexity index is 666. The molecule has 8 heteroatoms. The van der Waals surface area contributed by atoms with Crippen molar-refractivity contribution < 1.29 is 22.7 Å². The average Bonchev–Trinajstić information content (AvgIpc) is 2.54. The second kappa shape index (κ2) is 7.29. The number of benzene rings is 1. The molecule has 1 heterocycles. The van der Waals surface area contributed by atoms with E-state index in [9.17, 15) is 13.2 Å². The quantitative estimate of drug-likeness (QED) is 0.753. The SMILES string of the molecule is COc1ccc(S(=O)(=O)N2CCN(CC(C)=O)CC2)c(OC)c1. The largest absolute Gasteiger partial charge is 0.497 e. The molecule has 0 amide bonds. The van der Waals surface area contributed by atoms with Crippen LogP contribution in [-0.4, -0.2) is 70.3 Å². The number of rotatable bonds is 6. The number of ketones is 1. The van der Waals surface area contributed by atoms with Gasteiger partial charge in [0, 0.05) is 32.2 Å². The van der Waals surface area contributed by atoms with E-state index in [1.165, 1.54) is 31.5 Å². The van der Waals surface area contributed by atoms with Crippen molar-refractivity contribution in [2.75, 3.05) is 46.9 Å². The zero-order valence-electron chi connectivity index (χ0n) is 13.6. The van der Waals surface area contributed by atoms with E-state index in [-0.39, 0.29) is 16.4 Å². The lowest BCUT2D eigenvalue weighted by molar-refractivity contribution is -0.118. The molecule has 23 heavy (non-hydrogen) atoms. The predicted molar refractivity (Wildman–Crippen MR) is 85.4 cm³/mol. The number of piperazine rings is 1. The normalized spacial score (nSPS) is 17.0. The first-order chi connectivity index (χ1) is 10.9. The van der Waals surface area contributed by atoms with Gasteiger partial charge in [0.15, 0.2) is 0 Å². The van der Waals surface area contributed by atoms with Gasteiger partial charge in [-0.3, -0.25) is 9.69 Å². The fourth-order valence-electron chi connectivity index (χ4n) is 2.57. The van der Waals surface area contributed by atoms with E-state index >= 15 is 0 Å². The highest BCUT2D eigenvalue weighted by molar-refractivity contribution is 7.89. The molecule has 1 aromatic rings. The maximum absolute atomic E-state index is 12.8. The van der Waals surface area contributed by atoms with Crippen molar-refractivity contribution in [3.63, 3.8) is 0 Å². The standard InChI is InChI=1S/C15H22N2O5S/c1-12(18)11-16-6-8-17(9-7-16)23(19,20)15-5-4-13(21-2)10-14(15)22-3/h4-5,10H,6-9,11H2,1-3H3. The molecule has 1 fully saturated rings. The Morgan fingerprint density at radius 3 is 2.30 bits per heavy atom. The van der Waals surface area contributed by atoms with Gasteiger partial charge >= 0.3 is 0 Å². The van der Waals surface area contributed by atoms with Crippen molar-refractivity contribution in [1.29, 1.82) is 0 Å². The van der Waals surface area contributed by atoms with E-state index in [4.69, 9.17) is 9.47 Å². The molecule has 0 spiro atoms. The molecule has 0 unspecified atom stereocenters. The minimum absolute atomic E-state index is 0.0816. The number of carbonyl (C=O) groups is 1. The molecule has 0 bridgehead atoms. The van der Waals surface area contributed by atoms with Gasteiger partial charge in [-0.2, -0.15) is 4.31 Å². The van der Waals surface area contributed by atoms with Crippen molar-refractivity contribution in [3.8, 4) is 11.5 Å². The van der Waals surface area contributed by atoms with Crippen molar-refractivity contribution in [3.05, 3.63) is 18.2 Å². The zero-order valence-corrected chi connectivity index (χ0v) is 14.4. The smallest absolute Gasteiger partial charge is 0.246 e. The Labute approximate surface area is 136 Å². The van der Waals surface area contributed by atoms with E-state index < -0.39 is 10.0 Å². The number of sulfonamides is 1. The Kier molecular flexibility index (Phi) is 5.61. The number of hydrogen-bond acceptors (Lipinski definition) is 6. The highest BCUT2D eigenvalue weighted by Gasteiger charge is 2.31. The molecule has 1 aliphatic rings. The summed E-state index contributed by atoms with van der Waals surface area (Å²) >= 11 is 0. The van der Waals surface area contributed by atoms with E-state index in [1.807, 2.05) is 4.90 Å². The number of ether oxygens (including phenoxy) is 2. The van der Waals surface area contributed by atoms with Gasteiger partial charge in [0.05, 0.1) is 20.8 Å². The first-order valence-electron chi connectivity index (χ1n) is 7.32. The average molecular weight is 342 g/mol. The van der Waals surface area contributed by atoms with Crippen LogP contribution in [0.2, 0.25) is 0 Å². The number of hydrogen-bond donors (Lipinski definition) is 0. The van der Waals surface area contributed by atoms with Crippen molar-refractivity contribution >= 4 is 15.8 Å². The van der Waals surface area contributed by atoms with Crippen LogP contribution in [0.15, 0.2) is 23.1 Å². The van der Waals surface area contributed by atoms with Gasteiger partial charge < -0.3 is 9.47 Å². The van der Waals surface area contributed by atoms with Crippen LogP contribution < -0.4 is 9.47 Å². The Balaban J connectivity index is 2.18. The summed E-state index contributed by atoms with van der Waals surface area (Å²) in [5.41, 5.74) is 0. The topological polar surface area (TPSA) is 76.2 Å². The van der Waals surface area contributed by atoms with Crippen LogP contribution in [0.1, 0.15) is 6.92 Å². The third kappa shape index (κ3) is 4.01. The molecule has 0 atom stereocenters. The Hall–Kier alpha value is -1.64. The molecule has 0 aliphatic carbocycles. The molecule has 0 aromatic heterocycles. The number of methoxy groups -OCH3 is 2. The van der Waals surface area contributed by atoms with Gasteiger partial charge in [0.25, 0.3) is 0 Å². The molecular weight excluding hydrogens is 320 g/mol. The molecule has 2 rings (SSSR count). The minimum Gasteiger partial charge on any atom is -0.497 e. The summed E-state index contributed by atoms with van der Waals surface area (Å²) in [6.45, 7) is 3.68. The zero-order chi connectivity index (χ0) is 17.0. The summed E-state index contributed by atoms with van der Waals surface area (Å²) < 4.78 is 37.3. The van der Waals surface area contributed by atoms with Crippen LogP contribution in [-0.2, 0) is 14.8 Å². The molecule has 0 N–H and O–H groups in total. The third-order valence-corrected chi connectivity index (χ3v) is 5.70. The number of nitrogens with zero attached hydrogens (tertiary/aromatic N) is 2. The van der Waals surface area contributed by atoms with Crippen LogP contribution in [0.4, 0.5) is 0 Å². The molecule has 0 saturated carbocycles. The van der Waals surface area contributed by atoms with Gasteiger partial charge in [-0.15, -0.1) is 0 Å². The lowest BCUT2D eigenvalue weighted by atomic mass is 10.3. The summed E-state index contributed by atoms with van der Waals surface area (Å²) in [5, 5.41) is 0. The first kappa shape index (κ1) is 17.7. The van der Waals surface area contributed by atoms with Gasteiger partial charge in [-0.1, -0.05) is 0 Å². The molecular formula is C15H22N2O5S. The summed E-state index contributed by atoms with van der Waals surface area (Å²) in [6.07, 6.45) is 0. The van der Waals surface area contributed by atoms with Crippen molar-refractivity contribution in [1.82, 2.24) is 9.21 Å². The Morgan fingerprint density at radius 2 is 1.78 bits per heavy atom. The van der Waals surface area contributed by atoms with Gasteiger partial charge in [-0.25, -0.2) is 8.42 Å². The first-order valence-corrected chi connectivity index (χ1v) is 8.76. The van der Waals surface area contributed by atoms with E-state index in [0.717, 1.165) is 0 Å². The Morgan fingerprint density at radius 1 is 1.13 bits per heavy atom. The van der Waals surface area contributed by atoms with Crippen LogP contribution in [0.3, 0.4) is 0 Å². The molecule has 1 saturated heterocycles. The lowest BCUT2D eigenvalue weighted by Gasteiger charge is -2.33. The fraction of sp³-hybridized carbons (Fsp3) is 0.533. The molecule has 0 radical (unpaired) electrons. The summed E-state index contributed by atoms with van der Waals surface area (Å²) in [6, 6.07) is 4.65. The van der Waals surface area contributed by atoms with E-state index in [1.54, 1.807) is 12.1 Å². The maximum Gasteiger partial charge on any atom is 0.246 e. The van der Waals surface area contributed by atoms with E-state index in [2.05, 4.69) is 0 Å². The van der Waals surface area contributed by atoms with Gasteiger partial charge in [0.2, 0.25) is 10.0 Å². The molecule has 128 valence electrons. The van der Waals surface area contributed by atoms with Gasteiger partial charge in [0.1, 0.15) is 22.2 Å². The summed E-state index contributed by atoms with van der Waals surface area (Å²) in [4.78, 5) is 13.2. The maximum atomic E-state index is 12.8. The van der Waals surface area contributed by atoms with Gasteiger partial charge in [-0.05, 0) is 19.1 Å². The molecule has 1 aliphatic heterocycles. The monoisotopic (exact) mass is 342 g/mol. The highest BCUT2D eigenvalue weighted by Crippen LogP contribution is 2.30. The van der Waals surface area contributed by atoms with Crippen LogP contribution in [0.25, 0.3) is 0 Å². The van der Waals surface area contributed by atoms with Crippen molar-refractivity contribution in [2.24, 2.45) is 0 Å². The third-order valence-electron chi connectivity index (χ3n) is 3.77. The second-order valence-electron chi connectivity index (χ2n) is 5.40. The highest BCUT2D eigenvalue weighted by atomic mass is 32.2. The van der Waals surface area contributed by atoms with Crippen LogP contribution in [0, 0.1) is 0 Å². The predicted octanol–water partition coefficient (Wildman–Crippen LogP) is 0.599. The number of carbonyl (C=O) groups excluding carboxylic acids is 1. The van der Waals surface area contributed by atoms with Crippen LogP contribution in [0.5, 0.6) is 11.5 Å². The fourth-order valence-corrected chi connectivity index (χ4v) is 4.13. The lowest BCUT2D eigenvalue weighted by Crippen LogP contribution is -2.49. The van der Waals surface area contributed by atoms with Crippen molar-refractivity contribution in [2.45, 2.75) is 11.8 Å². The number of Topliss-reactive ketones (excluding diaryl/α,β-unsaturated/α-hetero) is 1. The van der Waals surface area contributed by atoms with E-state index in [0.29, 0.717) is 38.5 Å². The van der Waals surface area contributed by atoms with Crippen LogP contribution >= 0.6 is 0 Å². The molecule has 1 aromatic carbocycles. The summed E-state index contributed by atoms with van der Waals surface area (Å²) in [7, 11) is -0.700.